The van der Waals surface area contributed by atoms with Crippen molar-refractivity contribution in [2.75, 3.05) is 0 Å². The third-order valence-corrected chi connectivity index (χ3v) is 6.78. The number of carbonyl (C=O) groups excluding carboxylic acids is 1. The molecular weight excluding hydrogens is 288 g/mol. The summed E-state index contributed by atoms with van der Waals surface area (Å²) in [7, 11) is 0. The van der Waals surface area contributed by atoms with Gasteiger partial charge in [0.2, 0.25) is 0 Å². The zero-order valence-corrected chi connectivity index (χ0v) is 14.9. The summed E-state index contributed by atoms with van der Waals surface area (Å²) < 4.78 is 5.49. The predicted octanol–water partition coefficient (Wildman–Crippen LogP) is 4.02. The molecule has 3 aliphatic rings. The zero-order valence-electron chi connectivity index (χ0n) is 14.9. The van der Waals surface area contributed by atoms with Crippen LogP contribution in [-0.4, -0.2) is 23.3 Å². The molecule has 2 saturated carbocycles. The first kappa shape index (κ1) is 16.8. The Morgan fingerprint density at radius 3 is 2.65 bits per heavy atom. The van der Waals surface area contributed by atoms with E-state index in [0.29, 0.717) is 11.8 Å². The molecule has 0 radical (unpaired) electrons. The minimum absolute atomic E-state index is 0.0335. The monoisotopic (exact) mass is 318 g/mol. The predicted molar refractivity (Wildman–Crippen MR) is 90.7 cm³/mol. The number of cyclic esters (lactones) is 1. The van der Waals surface area contributed by atoms with Crippen LogP contribution < -0.4 is 0 Å². The van der Waals surface area contributed by atoms with Crippen LogP contribution in [-0.2, 0) is 9.53 Å². The molecule has 1 unspecified atom stereocenters. The highest BCUT2D eigenvalue weighted by Crippen LogP contribution is 2.62. The lowest BCUT2D eigenvalue weighted by Crippen LogP contribution is -2.53. The van der Waals surface area contributed by atoms with Crippen molar-refractivity contribution in [1.82, 2.24) is 0 Å². The Kier molecular flexibility index (Phi) is 3.99. The number of aliphatic hydroxyl groups is 1. The number of rotatable bonds is 2. The molecule has 128 valence electrons. The van der Waals surface area contributed by atoms with Gasteiger partial charge in [-0.1, -0.05) is 32.9 Å². The van der Waals surface area contributed by atoms with Crippen LogP contribution in [0.5, 0.6) is 0 Å². The molecule has 0 aromatic rings. The van der Waals surface area contributed by atoms with Crippen LogP contribution >= 0.6 is 0 Å². The lowest BCUT2D eigenvalue weighted by atomic mass is 9.46. The van der Waals surface area contributed by atoms with Crippen molar-refractivity contribution in [2.45, 2.75) is 72.0 Å². The fourth-order valence-electron chi connectivity index (χ4n) is 5.87. The summed E-state index contributed by atoms with van der Waals surface area (Å²) in [6.45, 7) is 13.2. The van der Waals surface area contributed by atoms with Gasteiger partial charge in [0, 0.05) is 6.08 Å². The Hall–Kier alpha value is -1.09. The van der Waals surface area contributed by atoms with Crippen LogP contribution in [0.15, 0.2) is 23.8 Å². The summed E-state index contributed by atoms with van der Waals surface area (Å²) in [4.78, 5) is 11.5. The van der Waals surface area contributed by atoms with Crippen molar-refractivity contribution in [1.29, 1.82) is 0 Å². The maximum atomic E-state index is 11.5. The summed E-state index contributed by atoms with van der Waals surface area (Å²) in [5.74, 6) is 0.657. The van der Waals surface area contributed by atoms with E-state index in [4.69, 9.17) is 4.74 Å². The molecule has 1 N–H and O–H groups in total. The van der Waals surface area contributed by atoms with Gasteiger partial charge in [0.1, 0.15) is 6.10 Å². The van der Waals surface area contributed by atoms with Crippen molar-refractivity contribution in [2.24, 2.45) is 22.7 Å². The average Bonchev–Trinajstić information content (AvgIpc) is 2.70. The first-order valence-electron chi connectivity index (χ1n) is 8.88. The standard InChI is InChI=1S/C20H30O3/c1-12-6-7-17-19(3,4)10-14(21)11-20(17,5)15(12)9-16-13(2)8-18(22)23-16/h8,14-17,21H,1,6-7,9-11H2,2-5H3/t14-,15+,16-,17?,20-/m1/s1. The van der Waals surface area contributed by atoms with E-state index in [9.17, 15) is 9.90 Å². The highest BCUT2D eigenvalue weighted by atomic mass is 16.5. The maximum absolute atomic E-state index is 11.5. The molecule has 0 saturated heterocycles. The lowest BCUT2D eigenvalue weighted by Gasteiger charge is -2.59. The van der Waals surface area contributed by atoms with Gasteiger partial charge in [-0.25, -0.2) is 4.79 Å². The fraction of sp³-hybridized carbons (Fsp3) is 0.750. The van der Waals surface area contributed by atoms with Crippen LogP contribution in [0.2, 0.25) is 0 Å². The van der Waals surface area contributed by atoms with E-state index in [1.165, 1.54) is 5.57 Å². The third kappa shape index (κ3) is 2.77. The van der Waals surface area contributed by atoms with E-state index in [1.807, 2.05) is 6.92 Å². The average molecular weight is 318 g/mol. The molecule has 2 aliphatic carbocycles. The molecule has 1 aliphatic heterocycles. The first-order chi connectivity index (χ1) is 10.6. The summed E-state index contributed by atoms with van der Waals surface area (Å²) in [5, 5.41) is 10.5. The molecule has 0 aromatic carbocycles. The van der Waals surface area contributed by atoms with Crippen LogP contribution in [0.3, 0.4) is 0 Å². The topological polar surface area (TPSA) is 46.5 Å². The summed E-state index contributed by atoms with van der Waals surface area (Å²) in [6, 6.07) is 0. The Morgan fingerprint density at radius 2 is 2.04 bits per heavy atom. The number of allylic oxidation sites excluding steroid dienone is 1. The number of fused-ring (bicyclic) bond motifs is 1. The second-order valence-electron chi connectivity index (χ2n) is 8.91. The molecule has 3 rings (SSSR count). The molecule has 0 spiro atoms. The van der Waals surface area contributed by atoms with Crippen molar-refractivity contribution < 1.29 is 14.6 Å². The number of aliphatic hydroxyl groups excluding tert-OH is 1. The highest BCUT2D eigenvalue weighted by molar-refractivity contribution is 5.85. The summed E-state index contributed by atoms with van der Waals surface area (Å²) in [6.07, 6.45) is 5.96. The fourth-order valence-corrected chi connectivity index (χ4v) is 5.87. The third-order valence-electron chi connectivity index (χ3n) is 6.78. The highest BCUT2D eigenvalue weighted by Gasteiger charge is 2.55. The Bertz CT molecular complexity index is 559. The smallest absolute Gasteiger partial charge is 0.331 e. The minimum Gasteiger partial charge on any atom is -0.455 e. The van der Waals surface area contributed by atoms with Crippen molar-refractivity contribution in [3.63, 3.8) is 0 Å². The second-order valence-corrected chi connectivity index (χ2v) is 8.91. The SMILES string of the molecule is C=C1CCC2C(C)(C)C[C@@H](O)C[C@]2(C)[C@H]1C[C@H]1OC(=O)C=C1C. The van der Waals surface area contributed by atoms with Crippen molar-refractivity contribution in [3.05, 3.63) is 23.8 Å². The van der Waals surface area contributed by atoms with E-state index < -0.39 is 0 Å². The van der Waals surface area contributed by atoms with Crippen molar-refractivity contribution >= 4 is 5.97 Å². The van der Waals surface area contributed by atoms with Gasteiger partial charge in [-0.3, -0.25) is 0 Å². The lowest BCUT2D eigenvalue weighted by molar-refractivity contribution is -0.142. The van der Waals surface area contributed by atoms with Crippen LogP contribution in [0, 0.1) is 22.7 Å². The molecule has 0 amide bonds. The number of carbonyl (C=O) groups is 1. The van der Waals surface area contributed by atoms with E-state index in [2.05, 4.69) is 27.4 Å². The van der Waals surface area contributed by atoms with Gasteiger partial charge in [0.25, 0.3) is 0 Å². The molecule has 1 heterocycles. The van der Waals surface area contributed by atoms with Gasteiger partial charge in [0.15, 0.2) is 0 Å². The van der Waals surface area contributed by atoms with Gasteiger partial charge >= 0.3 is 5.97 Å². The number of esters is 1. The Balaban J connectivity index is 1.89. The molecule has 5 atom stereocenters. The molecule has 0 bridgehead atoms. The normalized spacial score (nSPS) is 42.9. The van der Waals surface area contributed by atoms with E-state index in [1.54, 1.807) is 6.08 Å². The molecular formula is C20H30O3. The molecule has 3 nitrogen and oxygen atoms in total. The van der Waals surface area contributed by atoms with Gasteiger partial charge in [-0.15, -0.1) is 0 Å². The zero-order chi connectivity index (χ0) is 17.0. The largest absolute Gasteiger partial charge is 0.455 e. The first-order valence-corrected chi connectivity index (χ1v) is 8.88. The van der Waals surface area contributed by atoms with Gasteiger partial charge in [-0.2, -0.15) is 0 Å². The van der Waals surface area contributed by atoms with E-state index >= 15 is 0 Å². The van der Waals surface area contributed by atoms with E-state index in [-0.39, 0.29) is 29.0 Å². The van der Waals surface area contributed by atoms with Gasteiger partial charge < -0.3 is 9.84 Å². The van der Waals surface area contributed by atoms with Crippen LogP contribution in [0.1, 0.15) is 59.8 Å². The van der Waals surface area contributed by atoms with Gasteiger partial charge in [-0.05, 0) is 67.3 Å². The summed E-state index contributed by atoms with van der Waals surface area (Å²) in [5.41, 5.74) is 2.46. The molecule has 2 fully saturated rings. The van der Waals surface area contributed by atoms with E-state index in [0.717, 1.165) is 37.7 Å². The second kappa shape index (κ2) is 5.47. The quantitative estimate of drug-likeness (QED) is 0.618. The van der Waals surface area contributed by atoms with Crippen LogP contribution in [0.4, 0.5) is 0 Å². The molecule has 3 heteroatoms. The summed E-state index contributed by atoms with van der Waals surface area (Å²) >= 11 is 0. The molecule has 0 aromatic heterocycles. The van der Waals surface area contributed by atoms with Crippen LogP contribution in [0.25, 0.3) is 0 Å². The minimum atomic E-state index is -0.248. The molecule has 23 heavy (non-hydrogen) atoms. The Labute approximate surface area is 139 Å². The van der Waals surface area contributed by atoms with Crippen molar-refractivity contribution in [3.8, 4) is 0 Å². The number of hydrogen-bond donors (Lipinski definition) is 1. The maximum Gasteiger partial charge on any atom is 0.331 e. The number of hydrogen-bond acceptors (Lipinski definition) is 3. The Morgan fingerprint density at radius 1 is 1.35 bits per heavy atom. The van der Waals surface area contributed by atoms with Gasteiger partial charge in [0.05, 0.1) is 6.10 Å². The number of ether oxygens (including phenoxy) is 1.